The Balaban J connectivity index is 1.34. The second-order valence-electron chi connectivity index (χ2n) is 9.24. The van der Waals surface area contributed by atoms with Crippen LogP contribution in [0.5, 0.6) is 11.5 Å². The molecule has 158 valence electrons. The van der Waals surface area contributed by atoms with Crippen LogP contribution >= 0.6 is 0 Å². The third kappa shape index (κ3) is 3.23. The van der Waals surface area contributed by atoms with Crippen molar-refractivity contribution in [3.05, 3.63) is 54.1 Å². The van der Waals surface area contributed by atoms with E-state index in [4.69, 9.17) is 14.5 Å². The number of hydrogen-bond donors (Lipinski definition) is 1. The highest BCUT2D eigenvalue weighted by molar-refractivity contribution is 6.07. The molecule has 1 N–H and O–H groups in total. The van der Waals surface area contributed by atoms with Gasteiger partial charge >= 0.3 is 0 Å². The summed E-state index contributed by atoms with van der Waals surface area (Å²) in [6, 6.07) is 15.7. The minimum Gasteiger partial charge on any atom is -0.454 e. The molecule has 2 aromatic carbocycles. The van der Waals surface area contributed by atoms with Crippen LogP contribution in [0.2, 0.25) is 0 Å². The fraction of sp³-hybridized carbons (Fsp3) is 0.385. The van der Waals surface area contributed by atoms with Crippen molar-refractivity contribution in [2.75, 3.05) is 6.79 Å². The first-order valence-corrected chi connectivity index (χ1v) is 11.3. The van der Waals surface area contributed by atoms with E-state index >= 15 is 0 Å². The number of benzene rings is 2. The van der Waals surface area contributed by atoms with Gasteiger partial charge in [0, 0.05) is 17.0 Å². The zero-order valence-electron chi connectivity index (χ0n) is 17.6. The molecule has 2 heterocycles. The second kappa shape index (κ2) is 7.26. The molecule has 31 heavy (non-hydrogen) atoms. The number of ether oxygens (including phenoxy) is 2. The molecule has 2 aliphatic carbocycles. The molecule has 2 bridgehead atoms. The number of aromatic nitrogens is 1. The van der Waals surface area contributed by atoms with Crippen LogP contribution < -0.4 is 14.8 Å². The van der Waals surface area contributed by atoms with E-state index in [-0.39, 0.29) is 18.7 Å². The largest absolute Gasteiger partial charge is 0.454 e. The topological polar surface area (TPSA) is 60.5 Å². The molecular formula is C26H26N2O3. The molecule has 6 rings (SSSR count). The van der Waals surface area contributed by atoms with Gasteiger partial charge in [-0.15, -0.1) is 0 Å². The van der Waals surface area contributed by atoms with Crippen molar-refractivity contribution >= 4 is 16.8 Å². The van der Waals surface area contributed by atoms with E-state index in [1.807, 2.05) is 48.5 Å². The lowest BCUT2D eigenvalue weighted by Gasteiger charge is -2.28. The molecule has 1 amide bonds. The molecule has 0 radical (unpaired) electrons. The fourth-order valence-corrected chi connectivity index (χ4v) is 5.86. The number of rotatable bonds is 4. The van der Waals surface area contributed by atoms with E-state index in [9.17, 15) is 4.79 Å². The Morgan fingerprint density at radius 3 is 2.77 bits per heavy atom. The van der Waals surface area contributed by atoms with Gasteiger partial charge in [-0.2, -0.15) is 0 Å². The third-order valence-corrected chi connectivity index (χ3v) is 7.42. The smallest absolute Gasteiger partial charge is 0.252 e. The molecule has 2 saturated carbocycles. The lowest BCUT2D eigenvalue weighted by atomic mass is 9.84. The number of pyridine rings is 1. The maximum atomic E-state index is 13.4. The quantitative estimate of drug-likeness (QED) is 0.639. The predicted molar refractivity (Wildman–Crippen MR) is 119 cm³/mol. The molecule has 3 aromatic rings. The summed E-state index contributed by atoms with van der Waals surface area (Å²) >= 11 is 0. The number of amides is 1. The van der Waals surface area contributed by atoms with Crippen molar-refractivity contribution in [2.45, 2.75) is 38.6 Å². The fourth-order valence-electron chi connectivity index (χ4n) is 5.86. The van der Waals surface area contributed by atoms with Gasteiger partial charge in [-0.05, 0) is 74.3 Å². The van der Waals surface area contributed by atoms with Gasteiger partial charge in [0.05, 0.1) is 16.8 Å². The lowest BCUT2D eigenvalue weighted by molar-refractivity contribution is 0.0917. The summed E-state index contributed by atoms with van der Waals surface area (Å²) in [5.74, 6) is 3.68. The maximum absolute atomic E-state index is 13.4. The number of para-hydroxylation sites is 1. The highest BCUT2D eigenvalue weighted by Crippen LogP contribution is 2.49. The number of fused-ring (bicyclic) bond motifs is 4. The molecule has 0 spiro atoms. The van der Waals surface area contributed by atoms with Crippen LogP contribution in [0.3, 0.4) is 0 Å². The number of hydrogen-bond acceptors (Lipinski definition) is 4. The van der Waals surface area contributed by atoms with Crippen LogP contribution in [-0.2, 0) is 0 Å². The minimum absolute atomic E-state index is 0.0177. The summed E-state index contributed by atoms with van der Waals surface area (Å²) < 4.78 is 11.0. The van der Waals surface area contributed by atoms with E-state index in [0.29, 0.717) is 17.2 Å². The summed E-state index contributed by atoms with van der Waals surface area (Å²) in [6.45, 7) is 2.41. The summed E-state index contributed by atoms with van der Waals surface area (Å²) in [7, 11) is 0. The summed E-state index contributed by atoms with van der Waals surface area (Å²) in [6.07, 6.45) is 5.29. The molecule has 1 aromatic heterocycles. The molecule has 4 atom stereocenters. The SMILES string of the molecule is CC(NC(=O)c1cc(-c2ccc3c(c2)OCO3)nc2ccccc12)C1CC2CCC1C2. The number of carbonyl (C=O) groups is 1. The molecule has 3 aliphatic rings. The molecule has 1 aliphatic heterocycles. The summed E-state index contributed by atoms with van der Waals surface area (Å²) in [4.78, 5) is 18.2. The van der Waals surface area contributed by atoms with Gasteiger partial charge < -0.3 is 14.8 Å². The van der Waals surface area contributed by atoms with Crippen LogP contribution in [0.1, 0.15) is 43.0 Å². The van der Waals surface area contributed by atoms with Crippen LogP contribution in [0.25, 0.3) is 22.2 Å². The Kier molecular flexibility index (Phi) is 4.37. The number of carbonyl (C=O) groups excluding carboxylic acids is 1. The van der Waals surface area contributed by atoms with Gasteiger partial charge in [-0.3, -0.25) is 4.79 Å². The second-order valence-corrected chi connectivity index (χ2v) is 9.24. The van der Waals surface area contributed by atoms with Crippen molar-refractivity contribution in [2.24, 2.45) is 17.8 Å². The van der Waals surface area contributed by atoms with E-state index < -0.39 is 0 Å². The molecule has 5 heteroatoms. The van der Waals surface area contributed by atoms with Crippen LogP contribution in [-0.4, -0.2) is 23.7 Å². The predicted octanol–water partition coefficient (Wildman–Crippen LogP) is 5.19. The first-order chi connectivity index (χ1) is 15.2. The average Bonchev–Trinajstić information content (AvgIpc) is 3.54. The van der Waals surface area contributed by atoms with Gasteiger partial charge in [0.25, 0.3) is 5.91 Å². The molecule has 5 nitrogen and oxygen atoms in total. The standard InChI is InChI=1S/C26H26N2O3/c1-15(20-11-16-6-7-17(20)10-16)27-26(29)21-13-23(28-22-5-3-2-4-19(21)22)18-8-9-24-25(12-18)31-14-30-24/h2-5,8-9,12-13,15-17,20H,6-7,10-11,14H2,1H3,(H,27,29). The monoisotopic (exact) mass is 414 g/mol. The highest BCUT2D eigenvalue weighted by atomic mass is 16.7. The Morgan fingerprint density at radius 2 is 1.94 bits per heavy atom. The van der Waals surface area contributed by atoms with Gasteiger partial charge in [0.15, 0.2) is 11.5 Å². The Morgan fingerprint density at radius 1 is 1.06 bits per heavy atom. The van der Waals surface area contributed by atoms with E-state index in [2.05, 4.69) is 12.2 Å². The molecule has 2 fully saturated rings. The van der Waals surface area contributed by atoms with Gasteiger partial charge in [0.2, 0.25) is 6.79 Å². The maximum Gasteiger partial charge on any atom is 0.252 e. The van der Waals surface area contributed by atoms with Gasteiger partial charge in [0.1, 0.15) is 0 Å². The first-order valence-electron chi connectivity index (χ1n) is 11.3. The van der Waals surface area contributed by atoms with E-state index in [0.717, 1.165) is 39.7 Å². The van der Waals surface area contributed by atoms with Gasteiger partial charge in [-0.1, -0.05) is 24.6 Å². The highest BCUT2D eigenvalue weighted by Gasteiger charge is 2.42. The zero-order valence-corrected chi connectivity index (χ0v) is 17.6. The Hall–Kier alpha value is -3.08. The minimum atomic E-state index is -0.0177. The van der Waals surface area contributed by atoms with Crippen LogP contribution in [0, 0.1) is 17.8 Å². The number of nitrogens with one attached hydrogen (secondary N) is 1. The molecule has 0 saturated heterocycles. The summed E-state index contributed by atoms with van der Waals surface area (Å²) in [5.41, 5.74) is 3.16. The van der Waals surface area contributed by atoms with Crippen LogP contribution in [0.4, 0.5) is 0 Å². The van der Waals surface area contributed by atoms with E-state index in [1.54, 1.807) is 0 Å². The van der Waals surface area contributed by atoms with E-state index in [1.165, 1.54) is 25.7 Å². The van der Waals surface area contributed by atoms with Crippen LogP contribution in [0.15, 0.2) is 48.5 Å². The molecular weight excluding hydrogens is 388 g/mol. The molecule has 4 unspecified atom stereocenters. The van der Waals surface area contributed by atoms with Gasteiger partial charge in [-0.25, -0.2) is 4.98 Å². The lowest BCUT2D eigenvalue weighted by Crippen LogP contribution is -2.40. The third-order valence-electron chi connectivity index (χ3n) is 7.42. The Labute approximate surface area is 181 Å². The number of nitrogens with zero attached hydrogens (tertiary/aromatic N) is 1. The van der Waals surface area contributed by atoms with Crippen molar-refractivity contribution in [1.29, 1.82) is 0 Å². The average molecular weight is 415 g/mol. The Bertz CT molecular complexity index is 1170. The van der Waals surface area contributed by atoms with Crippen molar-refractivity contribution in [3.8, 4) is 22.8 Å². The zero-order chi connectivity index (χ0) is 20.9. The summed E-state index contributed by atoms with van der Waals surface area (Å²) in [5, 5.41) is 4.20. The first kappa shape index (κ1) is 18.7. The van der Waals surface area contributed by atoms with Crippen molar-refractivity contribution in [3.63, 3.8) is 0 Å². The van der Waals surface area contributed by atoms with Crippen molar-refractivity contribution < 1.29 is 14.3 Å². The van der Waals surface area contributed by atoms with Crippen molar-refractivity contribution in [1.82, 2.24) is 10.3 Å². The normalized spacial score (nSPS) is 24.5.